The lowest BCUT2D eigenvalue weighted by atomic mass is 9.85. The molecule has 0 radical (unpaired) electrons. The highest BCUT2D eigenvalue weighted by molar-refractivity contribution is 6.44. The van der Waals surface area contributed by atoms with Gasteiger partial charge in [0.05, 0.1) is 13.2 Å². The lowest BCUT2D eigenvalue weighted by Crippen LogP contribution is -2.21. The molecule has 0 bridgehead atoms. The molecule has 0 saturated carbocycles. The van der Waals surface area contributed by atoms with Crippen molar-refractivity contribution in [3.63, 3.8) is 0 Å². The van der Waals surface area contributed by atoms with Crippen LogP contribution in [0.5, 0.6) is 0 Å². The summed E-state index contributed by atoms with van der Waals surface area (Å²) in [6.45, 7) is 6.83. The van der Waals surface area contributed by atoms with Crippen LogP contribution < -0.4 is 5.32 Å². The van der Waals surface area contributed by atoms with Crippen molar-refractivity contribution in [2.75, 3.05) is 19.8 Å². The van der Waals surface area contributed by atoms with Crippen LogP contribution in [-0.4, -0.2) is 37.8 Å². The van der Waals surface area contributed by atoms with E-state index in [1.165, 1.54) is 6.92 Å². The van der Waals surface area contributed by atoms with Gasteiger partial charge in [0.1, 0.15) is 5.76 Å². The summed E-state index contributed by atoms with van der Waals surface area (Å²) in [4.78, 5) is 10.6. The number of carbonyl (C=O) groups excluding carboxylic acids is 1. The molecule has 0 aromatic rings. The van der Waals surface area contributed by atoms with Crippen molar-refractivity contribution in [1.82, 2.24) is 5.32 Å². The van der Waals surface area contributed by atoms with Crippen LogP contribution in [0.15, 0.2) is 36.1 Å². The van der Waals surface area contributed by atoms with Gasteiger partial charge in [-0.25, -0.2) is 0 Å². The number of hydrogen-bond acceptors (Lipinski definition) is 4. The minimum atomic E-state index is -0.673. The number of nitrogens with one attached hydrogen (secondary N) is 1. The normalized spacial score (nSPS) is 17.2. The van der Waals surface area contributed by atoms with Gasteiger partial charge in [-0.2, -0.15) is 0 Å². The van der Waals surface area contributed by atoms with Gasteiger partial charge < -0.3 is 19.7 Å². The van der Waals surface area contributed by atoms with Crippen molar-refractivity contribution in [2.45, 2.75) is 19.7 Å². The molecule has 0 aromatic heterocycles. The van der Waals surface area contributed by atoms with E-state index in [0.717, 1.165) is 12.0 Å². The molecular weight excluding hydrogens is 245 g/mol. The van der Waals surface area contributed by atoms with E-state index in [1.54, 1.807) is 6.08 Å². The Morgan fingerprint density at radius 1 is 1.68 bits per heavy atom. The number of ether oxygens (including phenoxy) is 1. The van der Waals surface area contributed by atoms with Crippen LogP contribution in [0.3, 0.4) is 0 Å². The average Bonchev–Trinajstić information content (AvgIpc) is 2.74. The maximum absolute atomic E-state index is 10.6. The number of allylic oxidation sites excluding steroid dienone is 3. The maximum atomic E-state index is 10.6. The van der Waals surface area contributed by atoms with Crippen LogP contribution in [0.25, 0.3) is 0 Å². The van der Waals surface area contributed by atoms with E-state index in [9.17, 15) is 4.79 Å². The Morgan fingerprint density at radius 2 is 2.47 bits per heavy atom. The number of amides is 1. The molecule has 1 heterocycles. The molecule has 1 amide bonds. The quantitative estimate of drug-likeness (QED) is 0.312. The first kappa shape index (κ1) is 15.5. The molecule has 6 heteroatoms. The van der Waals surface area contributed by atoms with Gasteiger partial charge in [0.15, 0.2) is 0 Å². The molecule has 1 saturated heterocycles. The number of rotatable bonds is 7. The smallest absolute Gasteiger partial charge is 0.458 e. The van der Waals surface area contributed by atoms with Crippen molar-refractivity contribution >= 4 is 13.0 Å². The Hall–Kier alpha value is -1.53. The molecule has 1 aliphatic heterocycles. The maximum Gasteiger partial charge on any atom is 0.458 e. The van der Waals surface area contributed by atoms with Crippen LogP contribution >= 0.6 is 0 Å². The third-order valence-corrected chi connectivity index (χ3v) is 2.49. The third-order valence-electron chi connectivity index (χ3n) is 2.49. The van der Waals surface area contributed by atoms with Gasteiger partial charge in [-0.15, -0.1) is 0 Å². The van der Waals surface area contributed by atoms with Gasteiger partial charge in [0, 0.05) is 19.8 Å². The predicted molar refractivity (Wildman–Crippen MR) is 74.3 cm³/mol. The molecule has 1 aliphatic rings. The third kappa shape index (κ3) is 7.49. The zero-order chi connectivity index (χ0) is 14.1. The molecule has 0 aliphatic carbocycles. The Balaban J connectivity index is 2.12. The summed E-state index contributed by atoms with van der Waals surface area (Å²) in [5.74, 6) is 0.533. The van der Waals surface area contributed by atoms with Crippen molar-refractivity contribution in [3.8, 4) is 0 Å². The fraction of sp³-hybridized carbons (Fsp3) is 0.462. The van der Waals surface area contributed by atoms with Crippen LogP contribution in [0, 0.1) is 0 Å². The van der Waals surface area contributed by atoms with Crippen molar-refractivity contribution in [1.29, 1.82) is 0 Å². The Bertz CT molecular complexity index is 379. The highest BCUT2D eigenvalue weighted by Gasteiger charge is 2.22. The van der Waals surface area contributed by atoms with Gasteiger partial charge >= 0.3 is 7.12 Å². The van der Waals surface area contributed by atoms with Crippen LogP contribution in [-0.2, 0) is 14.2 Å². The van der Waals surface area contributed by atoms with E-state index in [2.05, 4.69) is 11.9 Å². The van der Waals surface area contributed by atoms with Crippen LogP contribution in [0.4, 0.5) is 0 Å². The largest absolute Gasteiger partial charge is 0.494 e. The van der Waals surface area contributed by atoms with E-state index in [1.807, 2.05) is 12.2 Å². The molecule has 0 unspecified atom stereocenters. The van der Waals surface area contributed by atoms with Gasteiger partial charge in [-0.3, -0.25) is 4.79 Å². The van der Waals surface area contributed by atoms with E-state index in [0.29, 0.717) is 31.8 Å². The average molecular weight is 265 g/mol. The first-order chi connectivity index (χ1) is 9.08. The molecule has 5 nitrogen and oxygen atoms in total. The second kappa shape index (κ2) is 8.55. The SMILES string of the molecule is C=C(/C=C\C=C1\COB(O)C1)OCCCNC(C)=O. The zero-order valence-corrected chi connectivity index (χ0v) is 11.2. The van der Waals surface area contributed by atoms with Gasteiger partial charge in [-0.1, -0.05) is 18.7 Å². The predicted octanol–water partition coefficient (Wildman–Crippen LogP) is 1.04. The van der Waals surface area contributed by atoms with Crippen molar-refractivity contribution in [2.24, 2.45) is 0 Å². The zero-order valence-electron chi connectivity index (χ0n) is 11.2. The van der Waals surface area contributed by atoms with Gasteiger partial charge in [0.25, 0.3) is 0 Å². The fourth-order valence-corrected chi connectivity index (χ4v) is 1.54. The number of carbonyl (C=O) groups is 1. The molecule has 1 rings (SSSR count). The molecule has 0 aromatic carbocycles. The molecule has 2 N–H and O–H groups in total. The summed E-state index contributed by atoms with van der Waals surface area (Å²) in [6.07, 6.45) is 6.77. The lowest BCUT2D eigenvalue weighted by Gasteiger charge is -2.05. The van der Waals surface area contributed by atoms with Crippen molar-refractivity contribution in [3.05, 3.63) is 36.1 Å². The Morgan fingerprint density at radius 3 is 3.11 bits per heavy atom. The monoisotopic (exact) mass is 265 g/mol. The minimum absolute atomic E-state index is 0.0358. The van der Waals surface area contributed by atoms with E-state index >= 15 is 0 Å². The van der Waals surface area contributed by atoms with E-state index < -0.39 is 7.12 Å². The highest BCUT2D eigenvalue weighted by atomic mass is 16.5. The lowest BCUT2D eigenvalue weighted by molar-refractivity contribution is -0.118. The standard InChI is InChI=1S/C13H20BNO4/c1-11(18-8-4-7-15-12(2)16)5-3-6-13-9-14(17)19-10-13/h3,5-6,17H,1,4,7-10H2,2H3,(H,15,16)/b5-3-,13-6+. The Labute approximate surface area is 114 Å². The fourth-order valence-electron chi connectivity index (χ4n) is 1.54. The van der Waals surface area contributed by atoms with E-state index in [-0.39, 0.29) is 5.91 Å². The summed E-state index contributed by atoms with van der Waals surface area (Å²) >= 11 is 0. The summed E-state index contributed by atoms with van der Waals surface area (Å²) < 4.78 is 10.4. The summed E-state index contributed by atoms with van der Waals surface area (Å²) in [5.41, 5.74) is 1.04. The molecular formula is C13H20BNO4. The number of hydrogen-bond donors (Lipinski definition) is 2. The second-order valence-electron chi connectivity index (χ2n) is 4.31. The minimum Gasteiger partial charge on any atom is -0.494 e. The van der Waals surface area contributed by atoms with Gasteiger partial charge in [-0.05, 0) is 18.1 Å². The summed E-state index contributed by atoms with van der Waals surface area (Å²) in [6, 6.07) is 0. The summed E-state index contributed by atoms with van der Waals surface area (Å²) in [5, 5.41) is 11.8. The molecule has 1 fully saturated rings. The first-order valence-corrected chi connectivity index (χ1v) is 6.30. The summed E-state index contributed by atoms with van der Waals surface area (Å²) in [7, 11) is -0.673. The topological polar surface area (TPSA) is 67.8 Å². The highest BCUT2D eigenvalue weighted by Crippen LogP contribution is 2.15. The second-order valence-corrected chi connectivity index (χ2v) is 4.31. The Kier molecular flexibility index (Phi) is 6.99. The molecule has 0 atom stereocenters. The van der Waals surface area contributed by atoms with Crippen LogP contribution in [0.2, 0.25) is 6.32 Å². The van der Waals surface area contributed by atoms with E-state index in [4.69, 9.17) is 14.4 Å². The van der Waals surface area contributed by atoms with Gasteiger partial charge in [0.2, 0.25) is 5.91 Å². The molecule has 0 spiro atoms. The van der Waals surface area contributed by atoms with Crippen LogP contribution in [0.1, 0.15) is 13.3 Å². The first-order valence-electron chi connectivity index (χ1n) is 6.30. The molecule has 104 valence electrons. The van der Waals surface area contributed by atoms with Crippen molar-refractivity contribution < 1.29 is 19.2 Å². The molecule has 19 heavy (non-hydrogen) atoms.